The highest BCUT2D eigenvalue weighted by Crippen LogP contribution is 2.22. The fraction of sp³-hybridized carbons (Fsp3) is 0.312. The zero-order valence-electron chi connectivity index (χ0n) is 14.1. The highest BCUT2D eigenvalue weighted by Gasteiger charge is 2.10. The van der Waals surface area contributed by atoms with Crippen LogP contribution in [0.4, 0.5) is 5.69 Å². The summed E-state index contributed by atoms with van der Waals surface area (Å²) in [6.45, 7) is 8.00. The molecule has 0 aliphatic rings. The van der Waals surface area contributed by atoms with Crippen molar-refractivity contribution in [3.8, 4) is 11.3 Å². The Balaban J connectivity index is 0.000000615. The van der Waals surface area contributed by atoms with Gasteiger partial charge in [-0.15, -0.1) is 0 Å². The van der Waals surface area contributed by atoms with Crippen LogP contribution in [0.15, 0.2) is 42.9 Å². The third-order valence-electron chi connectivity index (χ3n) is 2.84. The van der Waals surface area contributed by atoms with Gasteiger partial charge in [0, 0.05) is 30.1 Å². The lowest BCUT2D eigenvalue weighted by molar-refractivity contribution is -0.384. The van der Waals surface area contributed by atoms with E-state index in [1.165, 1.54) is 16.9 Å². The molecule has 0 aliphatic heterocycles. The predicted molar refractivity (Wildman–Crippen MR) is 90.5 cm³/mol. The molecule has 1 aromatic carbocycles. The quantitative estimate of drug-likeness (QED) is 0.543. The summed E-state index contributed by atoms with van der Waals surface area (Å²) in [5.41, 5.74) is 1.61. The lowest BCUT2D eigenvalue weighted by Gasteiger charge is -1.97. The maximum atomic E-state index is 10.6. The Labute approximate surface area is 135 Å². The summed E-state index contributed by atoms with van der Waals surface area (Å²) in [5.74, 6) is 0.649. The number of aromatic nitrogens is 3. The molecule has 7 nitrogen and oxygen atoms in total. The summed E-state index contributed by atoms with van der Waals surface area (Å²) in [5, 5.41) is 10.6. The fourth-order valence-electron chi connectivity index (χ4n) is 1.89. The van der Waals surface area contributed by atoms with Crippen molar-refractivity contribution in [3.63, 3.8) is 0 Å². The van der Waals surface area contributed by atoms with Gasteiger partial charge in [0.15, 0.2) is 0 Å². The molecule has 0 saturated heterocycles. The molecule has 2 aromatic heterocycles. The molecule has 0 N–H and O–H groups in total. The van der Waals surface area contributed by atoms with Gasteiger partial charge in [0.05, 0.1) is 16.8 Å². The molecule has 124 valence electrons. The van der Waals surface area contributed by atoms with E-state index in [1.807, 2.05) is 44.5 Å². The van der Waals surface area contributed by atoms with Crippen molar-refractivity contribution in [1.29, 1.82) is 0 Å². The predicted octanol–water partition coefficient (Wildman–Crippen LogP) is 3.82. The molecular formula is C16H22N4O3. The molecule has 0 radical (unpaired) electrons. The second-order valence-electron chi connectivity index (χ2n) is 3.94. The number of nitro benzene ring substituents is 1. The largest absolute Gasteiger partial charge is 0.414 e. The number of rotatable bonds is 3. The molecule has 3 rings (SSSR count). The number of nitrogens with zero attached hydrogens (tertiary/aromatic N) is 4. The first-order valence-electron chi connectivity index (χ1n) is 7.54. The standard InChI is InChI=1S/C12H10N4O3.2C2H6/c1-19-15-7-6-14-8-11(13-12(14)15)9-2-4-10(5-3-9)16(17)18;2*1-2/h2-8H,1H3;2*1-2H3. The second kappa shape index (κ2) is 8.57. The zero-order chi connectivity index (χ0) is 17.4. The van der Waals surface area contributed by atoms with E-state index in [1.54, 1.807) is 25.4 Å². The highest BCUT2D eigenvalue weighted by molar-refractivity contribution is 5.63. The molecule has 2 heterocycles. The Morgan fingerprint density at radius 1 is 1.09 bits per heavy atom. The van der Waals surface area contributed by atoms with Crippen molar-refractivity contribution in [2.45, 2.75) is 27.7 Å². The van der Waals surface area contributed by atoms with Gasteiger partial charge in [0.1, 0.15) is 7.11 Å². The van der Waals surface area contributed by atoms with E-state index in [0.29, 0.717) is 5.78 Å². The van der Waals surface area contributed by atoms with Gasteiger partial charge in [-0.2, -0.15) is 4.73 Å². The summed E-state index contributed by atoms with van der Waals surface area (Å²) < 4.78 is 3.36. The van der Waals surface area contributed by atoms with Crippen LogP contribution in [-0.2, 0) is 0 Å². The number of hydrogen-bond acceptors (Lipinski definition) is 4. The van der Waals surface area contributed by atoms with Crippen LogP contribution in [0.2, 0.25) is 0 Å². The number of benzene rings is 1. The van der Waals surface area contributed by atoms with Crippen molar-refractivity contribution in [3.05, 3.63) is 53.0 Å². The Morgan fingerprint density at radius 2 is 1.70 bits per heavy atom. The highest BCUT2D eigenvalue weighted by atomic mass is 16.6. The zero-order valence-corrected chi connectivity index (χ0v) is 14.1. The van der Waals surface area contributed by atoms with Crippen LogP contribution in [0.5, 0.6) is 0 Å². The Kier molecular flexibility index (Phi) is 6.79. The van der Waals surface area contributed by atoms with Gasteiger partial charge in [-0.3, -0.25) is 14.5 Å². The molecule has 23 heavy (non-hydrogen) atoms. The first-order chi connectivity index (χ1) is 11.2. The maximum absolute atomic E-state index is 10.6. The lowest BCUT2D eigenvalue weighted by atomic mass is 10.1. The van der Waals surface area contributed by atoms with E-state index in [0.717, 1.165) is 11.3 Å². The van der Waals surface area contributed by atoms with E-state index in [2.05, 4.69) is 4.98 Å². The smallest absolute Gasteiger partial charge is 0.269 e. The summed E-state index contributed by atoms with van der Waals surface area (Å²) in [7, 11) is 1.56. The Hall–Kier alpha value is -2.83. The van der Waals surface area contributed by atoms with Gasteiger partial charge in [0.2, 0.25) is 5.78 Å². The van der Waals surface area contributed by atoms with E-state index >= 15 is 0 Å². The van der Waals surface area contributed by atoms with Crippen LogP contribution in [-0.4, -0.2) is 26.1 Å². The van der Waals surface area contributed by atoms with Crippen molar-refractivity contribution in [2.75, 3.05) is 7.11 Å². The first-order valence-corrected chi connectivity index (χ1v) is 7.54. The van der Waals surface area contributed by atoms with Crippen molar-refractivity contribution in [1.82, 2.24) is 14.1 Å². The van der Waals surface area contributed by atoms with Gasteiger partial charge in [-0.25, -0.2) is 4.98 Å². The van der Waals surface area contributed by atoms with Gasteiger partial charge in [0.25, 0.3) is 5.69 Å². The molecule has 3 aromatic rings. The van der Waals surface area contributed by atoms with E-state index in [4.69, 9.17) is 4.84 Å². The summed E-state index contributed by atoms with van der Waals surface area (Å²) in [4.78, 5) is 19.7. The molecule has 0 bridgehead atoms. The molecule has 0 spiro atoms. The molecule has 0 amide bonds. The van der Waals surface area contributed by atoms with Gasteiger partial charge < -0.3 is 4.84 Å². The molecule has 7 heteroatoms. The maximum Gasteiger partial charge on any atom is 0.269 e. The third-order valence-corrected chi connectivity index (χ3v) is 2.84. The Bertz CT molecular complexity index is 744. The number of imidazole rings is 2. The molecular weight excluding hydrogens is 296 g/mol. The lowest BCUT2D eigenvalue weighted by Crippen LogP contribution is -2.03. The van der Waals surface area contributed by atoms with Gasteiger partial charge >= 0.3 is 0 Å². The average molecular weight is 318 g/mol. The van der Waals surface area contributed by atoms with Crippen LogP contribution >= 0.6 is 0 Å². The molecule has 0 atom stereocenters. The van der Waals surface area contributed by atoms with Gasteiger partial charge in [-0.05, 0) is 12.1 Å². The summed E-state index contributed by atoms with van der Waals surface area (Å²) in [6, 6.07) is 6.28. The molecule has 0 aliphatic carbocycles. The van der Waals surface area contributed by atoms with Crippen LogP contribution < -0.4 is 4.84 Å². The minimum Gasteiger partial charge on any atom is -0.414 e. The minimum atomic E-state index is -0.424. The normalized spacial score (nSPS) is 9.43. The number of hydrogen-bond donors (Lipinski definition) is 0. The van der Waals surface area contributed by atoms with Crippen molar-refractivity contribution >= 4 is 11.5 Å². The SMILES string of the molecule is CC.CC.COn1ccn2cc(-c3ccc([N+](=O)[O-])cc3)nc12. The van der Waals surface area contributed by atoms with E-state index in [-0.39, 0.29) is 5.69 Å². The van der Waals surface area contributed by atoms with Crippen LogP contribution in [0, 0.1) is 10.1 Å². The van der Waals surface area contributed by atoms with Gasteiger partial charge in [-0.1, -0.05) is 27.7 Å². The van der Waals surface area contributed by atoms with Crippen molar-refractivity contribution < 1.29 is 9.76 Å². The number of non-ortho nitro benzene ring substituents is 1. The fourth-order valence-corrected chi connectivity index (χ4v) is 1.89. The number of nitro groups is 1. The minimum absolute atomic E-state index is 0.0638. The molecule has 0 unspecified atom stereocenters. The second-order valence-corrected chi connectivity index (χ2v) is 3.94. The number of fused-ring (bicyclic) bond motifs is 1. The molecule has 0 fully saturated rings. The van der Waals surface area contributed by atoms with Crippen LogP contribution in [0.25, 0.3) is 17.0 Å². The summed E-state index contributed by atoms with van der Waals surface area (Å²) >= 11 is 0. The Morgan fingerprint density at radius 3 is 2.22 bits per heavy atom. The average Bonchev–Trinajstić information content (AvgIpc) is 3.19. The van der Waals surface area contributed by atoms with Crippen molar-refractivity contribution in [2.24, 2.45) is 0 Å². The third kappa shape index (κ3) is 3.88. The monoisotopic (exact) mass is 318 g/mol. The summed E-state index contributed by atoms with van der Waals surface area (Å²) in [6.07, 6.45) is 5.41. The van der Waals surface area contributed by atoms with Crippen LogP contribution in [0.1, 0.15) is 27.7 Å². The van der Waals surface area contributed by atoms with E-state index < -0.39 is 4.92 Å². The van der Waals surface area contributed by atoms with Crippen LogP contribution in [0.3, 0.4) is 0 Å². The van der Waals surface area contributed by atoms with E-state index in [9.17, 15) is 10.1 Å². The first kappa shape index (κ1) is 18.2. The molecule has 0 saturated carbocycles. The topological polar surface area (TPSA) is 74.6 Å².